The Labute approximate surface area is 153 Å². The number of Topliss-reactive ketones (excluding diaryl/α,β-unsaturated/α-hetero) is 1. The van der Waals surface area contributed by atoms with E-state index in [9.17, 15) is 4.79 Å². The smallest absolute Gasteiger partial charge is 0.184 e. The van der Waals surface area contributed by atoms with Crippen LogP contribution in [0.15, 0.2) is 12.1 Å². The Balaban J connectivity index is 1.95. The lowest BCUT2D eigenvalue weighted by Crippen LogP contribution is -2.58. The van der Waals surface area contributed by atoms with Crippen molar-refractivity contribution in [3.63, 3.8) is 0 Å². The van der Waals surface area contributed by atoms with Crippen LogP contribution in [0.3, 0.4) is 0 Å². The van der Waals surface area contributed by atoms with Crippen LogP contribution < -0.4 is 0 Å². The normalized spacial score (nSPS) is 22.2. The number of likely N-dealkylation sites (tertiary alicyclic amines) is 1. The number of rotatable bonds is 1. The third-order valence-corrected chi connectivity index (χ3v) is 6.30. The zero-order valence-corrected chi connectivity index (χ0v) is 17.1. The highest BCUT2D eigenvalue weighted by molar-refractivity contribution is 5.98. The number of hydrogen-bond acceptors (Lipinski definition) is 3. The van der Waals surface area contributed by atoms with Crippen molar-refractivity contribution in [3.05, 3.63) is 23.5 Å². The van der Waals surface area contributed by atoms with E-state index in [1.54, 1.807) is 0 Å². The van der Waals surface area contributed by atoms with Crippen LogP contribution in [-0.4, -0.2) is 52.4 Å². The summed E-state index contributed by atoms with van der Waals surface area (Å²) in [5, 5.41) is 0. The van der Waals surface area contributed by atoms with E-state index in [1.165, 1.54) is 5.69 Å². The number of piperidine rings is 1. The highest BCUT2D eigenvalue weighted by Gasteiger charge is 2.46. The number of nitrogens with zero attached hydrogens (tertiary/aromatic N) is 3. The first-order valence-corrected chi connectivity index (χ1v) is 9.68. The second-order valence-electron chi connectivity index (χ2n) is 9.95. The lowest BCUT2D eigenvalue weighted by Gasteiger charge is -2.53. The molecule has 1 aromatic rings. The van der Waals surface area contributed by atoms with Gasteiger partial charge in [-0.2, -0.15) is 0 Å². The van der Waals surface area contributed by atoms with Gasteiger partial charge >= 0.3 is 0 Å². The Kier molecular flexibility index (Phi) is 4.44. The Morgan fingerprint density at radius 2 is 1.56 bits per heavy atom. The lowest BCUT2D eigenvalue weighted by molar-refractivity contribution is -0.0138. The van der Waals surface area contributed by atoms with Crippen LogP contribution in [0, 0.1) is 5.41 Å². The van der Waals surface area contributed by atoms with Gasteiger partial charge in [0.15, 0.2) is 5.78 Å². The van der Waals surface area contributed by atoms with Gasteiger partial charge in [-0.1, -0.05) is 20.8 Å². The summed E-state index contributed by atoms with van der Waals surface area (Å²) in [7, 11) is 2.26. The summed E-state index contributed by atoms with van der Waals surface area (Å²) in [6, 6.07) is 4.29. The molecule has 0 aliphatic carbocycles. The largest absolute Gasteiger partial charge is 0.339 e. The predicted molar refractivity (Wildman–Crippen MR) is 103 cm³/mol. The summed E-state index contributed by atoms with van der Waals surface area (Å²) >= 11 is 0. The minimum absolute atomic E-state index is 0.0798. The van der Waals surface area contributed by atoms with Crippen molar-refractivity contribution in [3.8, 4) is 0 Å². The standard InChI is InChI=1S/C21H35N3O/c1-19(2,3)18(25)16-8-9-17-21(22(7)14-15-24(16)17)10-12-23(13-11-21)20(4,5)6/h8-9H,10-15H2,1-7H3. The molecule has 4 heteroatoms. The van der Waals surface area contributed by atoms with Gasteiger partial charge in [-0.15, -0.1) is 0 Å². The maximum absolute atomic E-state index is 12.9. The van der Waals surface area contributed by atoms with Crippen molar-refractivity contribution < 1.29 is 4.79 Å². The second-order valence-corrected chi connectivity index (χ2v) is 9.95. The minimum atomic E-state index is -0.332. The van der Waals surface area contributed by atoms with Crippen LogP contribution >= 0.6 is 0 Å². The summed E-state index contributed by atoms with van der Waals surface area (Å²) in [6.45, 7) is 17.1. The average Bonchev–Trinajstić information content (AvgIpc) is 2.94. The van der Waals surface area contributed by atoms with Crippen LogP contribution in [-0.2, 0) is 12.1 Å². The highest BCUT2D eigenvalue weighted by atomic mass is 16.1. The van der Waals surface area contributed by atoms with Crippen molar-refractivity contribution in [1.82, 2.24) is 14.4 Å². The summed E-state index contributed by atoms with van der Waals surface area (Å²) in [5.41, 5.74) is 2.22. The van der Waals surface area contributed by atoms with Gasteiger partial charge < -0.3 is 4.57 Å². The van der Waals surface area contributed by atoms with Crippen LogP contribution in [0.2, 0.25) is 0 Å². The molecule has 2 aliphatic rings. The van der Waals surface area contributed by atoms with E-state index in [4.69, 9.17) is 0 Å². The van der Waals surface area contributed by atoms with E-state index in [-0.39, 0.29) is 22.3 Å². The number of carbonyl (C=O) groups is 1. The zero-order chi connectivity index (χ0) is 18.6. The van der Waals surface area contributed by atoms with Crippen molar-refractivity contribution in [1.29, 1.82) is 0 Å². The molecule has 1 saturated heterocycles. The van der Waals surface area contributed by atoms with Gasteiger partial charge in [0.25, 0.3) is 0 Å². The molecule has 0 atom stereocenters. The van der Waals surface area contributed by atoms with Gasteiger partial charge in [-0.05, 0) is 52.8 Å². The van der Waals surface area contributed by atoms with E-state index in [0.717, 1.165) is 44.7 Å². The van der Waals surface area contributed by atoms with E-state index in [0.29, 0.717) is 0 Å². The van der Waals surface area contributed by atoms with E-state index < -0.39 is 0 Å². The van der Waals surface area contributed by atoms with Crippen LogP contribution in [0.1, 0.15) is 70.6 Å². The third-order valence-electron chi connectivity index (χ3n) is 6.30. The first-order chi connectivity index (χ1) is 11.5. The second kappa shape index (κ2) is 5.95. The number of fused-ring (bicyclic) bond motifs is 2. The van der Waals surface area contributed by atoms with Crippen molar-refractivity contribution in [2.24, 2.45) is 5.41 Å². The molecule has 0 saturated carbocycles. The predicted octanol–water partition coefficient (Wildman–Crippen LogP) is 3.75. The van der Waals surface area contributed by atoms with Gasteiger partial charge in [-0.3, -0.25) is 14.6 Å². The molecule has 0 aromatic carbocycles. The quantitative estimate of drug-likeness (QED) is 0.726. The maximum atomic E-state index is 12.9. The molecule has 0 unspecified atom stereocenters. The molecule has 140 valence electrons. The molecule has 3 heterocycles. The van der Waals surface area contributed by atoms with Gasteiger partial charge in [0, 0.05) is 42.8 Å². The molecule has 4 nitrogen and oxygen atoms in total. The third kappa shape index (κ3) is 3.08. The molecule has 0 bridgehead atoms. The average molecular weight is 346 g/mol. The Morgan fingerprint density at radius 3 is 2.08 bits per heavy atom. The Morgan fingerprint density at radius 1 is 0.960 bits per heavy atom. The van der Waals surface area contributed by atoms with Crippen molar-refractivity contribution >= 4 is 5.78 Å². The molecule has 1 aromatic heterocycles. The number of carbonyl (C=O) groups excluding carboxylic acids is 1. The van der Waals surface area contributed by atoms with Crippen molar-refractivity contribution in [2.45, 2.75) is 72.0 Å². The van der Waals surface area contributed by atoms with Crippen LogP contribution in [0.4, 0.5) is 0 Å². The summed E-state index contributed by atoms with van der Waals surface area (Å²) < 4.78 is 2.32. The maximum Gasteiger partial charge on any atom is 0.184 e. The topological polar surface area (TPSA) is 28.5 Å². The monoisotopic (exact) mass is 345 g/mol. The fourth-order valence-electron chi connectivity index (χ4n) is 4.54. The summed E-state index contributed by atoms with van der Waals surface area (Å²) in [4.78, 5) is 18.0. The molecule has 1 spiro atoms. The molecule has 3 rings (SSSR count). The van der Waals surface area contributed by atoms with E-state index >= 15 is 0 Å². The Bertz CT molecular complexity index is 652. The van der Waals surface area contributed by atoms with Gasteiger partial charge in [-0.25, -0.2) is 0 Å². The molecular formula is C21H35N3O. The number of ketones is 1. The summed E-state index contributed by atoms with van der Waals surface area (Å²) in [5.74, 6) is 0.255. The molecule has 0 N–H and O–H groups in total. The zero-order valence-electron chi connectivity index (χ0n) is 17.1. The highest BCUT2D eigenvalue weighted by Crippen LogP contribution is 2.43. The van der Waals surface area contributed by atoms with E-state index in [1.807, 2.05) is 20.8 Å². The molecule has 25 heavy (non-hydrogen) atoms. The lowest BCUT2D eigenvalue weighted by atomic mass is 9.80. The van der Waals surface area contributed by atoms with Crippen molar-refractivity contribution in [2.75, 3.05) is 26.7 Å². The van der Waals surface area contributed by atoms with E-state index in [2.05, 4.69) is 54.3 Å². The molecular weight excluding hydrogens is 310 g/mol. The first-order valence-electron chi connectivity index (χ1n) is 9.68. The number of likely N-dealkylation sites (N-methyl/N-ethyl adjacent to an activating group) is 1. The molecule has 0 radical (unpaired) electrons. The minimum Gasteiger partial charge on any atom is -0.339 e. The Hall–Kier alpha value is -1.13. The molecule has 2 aliphatic heterocycles. The molecule has 0 amide bonds. The number of hydrogen-bond donors (Lipinski definition) is 0. The van der Waals surface area contributed by atoms with Crippen LogP contribution in [0.25, 0.3) is 0 Å². The first kappa shape index (κ1) is 18.7. The molecule has 1 fully saturated rings. The number of aromatic nitrogens is 1. The van der Waals surface area contributed by atoms with Gasteiger partial charge in [0.05, 0.1) is 11.2 Å². The summed E-state index contributed by atoms with van der Waals surface area (Å²) in [6.07, 6.45) is 2.27. The fourth-order valence-corrected chi connectivity index (χ4v) is 4.54. The fraction of sp³-hybridized carbons (Fsp3) is 0.762. The van der Waals surface area contributed by atoms with Gasteiger partial charge in [0.1, 0.15) is 0 Å². The van der Waals surface area contributed by atoms with Gasteiger partial charge in [0.2, 0.25) is 0 Å². The SMILES string of the molecule is CN1CCn2c(C(=O)C(C)(C)C)ccc2C12CCN(C(C)(C)C)CC2. The van der Waals surface area contributed by atoms with Crippen LogP contribution in [0.5, 0.6) is 0 Å².